The summed E-state index contributed by atoms with van der Waals surface area (Å²) >= 11 is 1.65. The summed E-state index contributed by atoms with van der Waals surface area (Å²) in [5.41, 5.74) is 1.15. The Kier molecular flexibility index (Phi) is 4.98. The van der Waals surface area contributed by atoms with Gasteiger partial charge in [0.05, 0.1) is 6.54 Å². The van der Waals surface area contributed by atoms with Crippen molar-refractivity contribution in [2.45, 2.75) is 20.0 Å². The summed E-state index contributed by atoms with van der Waals surface area (Å²) in [5, 5.41) is 4.97. The SMILES string of the molecule is CCN(Cc1ccccc1)C(=O)NCc1cccs1. The zero-order chi connectivity index (χ0) is 13.5. The van der Waals surface area contributed by atoms with E-state index < -0.39 is 0 Å². The Bertz CT molecular complexity index is 496. The van der Waals surface area contributed by atoms with E-state index in [0.717, 1.165) is 5.56 Å². The molecule has 3 nitrogen and oxygen atoms in total. The van der Waals surface area contributed by atoms with Crippen LogP contribution in [-0.4, -0.2) is 17.5 Å². The zero-order valence-corrected chi connectivity index (χ0v) is 11.8. The van der Waals surface area contributed by atoms with Crippen LogP contribution in [-0.2, 0) is 13.1 Å². The lowest BCUT2D eigenvalue weighted by molar-refractivity contribution is 0.198. The maximum Gasteiger partial charge on any atom is 0.317 e. The second-order valence-corrected chi connectivity index (χ2v) is 5.27. The van der Waals surface area contributed by atoms with Gasteiger partial charge in [0, 0.05) is 18.0 Å². The molecule has 0 aliphatic rings. The highest BCUT2D eigenvalue weighted by atomic mass is 32.1. The molecule has 0 aliphatic heterocycles. The fourth-order valence-corrected chi connectivity index (χ4v) is 2.46. The molecular formula is C15H18N2OS. The molecule has 0 atom stereocenters. The topological polar surface area (TPSA) is 32.3 Å². The fraction of sp³-hybridized carbons (Fsp3) is 0.267. The van der Waals surface area contributed by atoms with Crippen LogP contribution in [0, 0.1) is 0 Å². The molecule has 0 aliphatic carbocycles. The highest BCUT2D eigenvalue weighted by Crippen LogP contribution is 2.08. The molecular weight excluding hydrogens is 256 g/mol. The molecule has 0 saturated carbocycles. The summed E-state index contributed by atoms with van der Waals surface area (Å²) in [6, 6.07) is 14.0. The largest absolute Gasteiger partial charge is 0.333 e. The molecule has 1 N–H and O–H groups in total. The first-order chi connectivity index (χ1) is 9.29. The first-order valence-corrected chi connectivity index (χ1v) is 7.26. The van der Waals surface area contributed by atoms with Gasteiger partial charge in [-0.05, 0) is 23.9 Å². The van der Waals surface area contributed by atoms with Gasteiger partial charge in [-0.1, -0.05) is 36.4 Å². The van der Waals surface area contributed by atoms with Crippen LogP contribution in [0.2, 0.25) is 0 Å². The Morgan fingerprint density at radius 2 is 2.00 bits per heavy atom. The first kappa shape index (κ1) is 13.6. The van der Waals surface area contributed by atoms with Crippen LogP contribution in [0.25, 0.3) is 0 Å². The quantitative estimate of drug-likeness (QED) is 0.889. The molecule has 19 heavy (non-hydrogen) atoms. The highest BCUT2D eigenvalue weighted by molar-refractivity contribution is 7.09. The number of carbonyl (C=O) groups is 1. The van der Waals surface area contributed by atoms with Crippen molar-refractivity contribution in [1.29, 1.82) is 0 Å². The number of benzene rings is 1. The van der Waals surface area contributed by atoms with Crippen LogP contribution in [0.4, 0.5) is 4.79 Å². The van der Waals surface area contributed by atoms with E-state index in [4.69, 9.17) is 0 Å². The van der Waals surface area contributed by atoms with E-state index in [1.165, 1.54) is 4.88 Å². The number of nitrogens with zero attached hydrogens (tertiary/aromatic N) is 1. The second-order valence-electron chi connectivity index (χ2n) is 4.24. The first-order valence-electron chi connectivity index (χ1n) is 6.38. The van der Waals surface area contributed by atoms with Gasteiger partial charge in [-0.3, -0.25) is 0 Å². The number of hydrogen-bond donors (Lipinski definition) is 1. The van der Waals surface area contributed by atoms with E-state index in [9.17, 15) is 4.79 Å². The lowest BCUT2D eigenvalue weighted by Crippen LogP contribution is -2.38. The van der Waals surface area contributed by atoms with Crippen molar-refractivity contribution in [3.63, 3.8) is 0 Å². The summed E-state index contributed by atoms with van der Waals surface area (Å²) in [6.07, 6.45) is 0. The molecule has 0 radical (unpaired) electrons. The van der Waals surface area contributed by atoms with Crippen molar-refractivity contribution in [2.24, 2.45) is 0 Å². The third kappa shape index (κ3) is 4.10. The van der Waals surface area contributed by atoms with Crippen molar-refractivity contribution >= 4 is 17.4 Å². The van der Waals surface area contributed by atoms with Crippen LogP contribution in [0.15, 0.2) is 47.8 Å². The molecule has 1 aromatic heterocycles. The molecule has 0 saturated heterocycles. The average Bonchev–Trinajstić information content (AvgIpc) is 2.96. The van der Waals surface area contributed by atoms with Crippen LogP contribution in [0.1, 0.15) is 17.4 Å². The maximum atomic E-state index is 12.1. The molecule has 1 aromatic carbocycles. The second kappa shape index (κ2) is 6.95. The van der Waals surface area contributed by atoms with E-state index in [0.29, 0.717) is 19.6 Å². The summed E-state index contributed by atoms with van der Waals surface area (Å²) in [7, 11) is 0. The van der Waals surface area contributed by atoms with Crippen LogP contribution >= 0.6 is 11.3 Å². The minimum absolute atomic E-state index is 0.0141. The fourth-order valence-electron chi connectivity index (χ4n) is 1.82. The van der Waals surface area contributed by atoms with E-state index in [1.54, 1.807) is 11.3 Å². The lowest BCUT2D eigenvalue weighted by Gasteiger charge is -2.21. The Labute approximate surface area is 117 Å². The van der Waals surface area contributed by atoms with Crippen molar-refractivity contribution < 1.29 is 4.79 Å². The Balaban J connectivity index is 1.88. The van der Waals surface area contributed by atoms with Gasteiger partial charge in [0.25, 0.3) is 0 Å². The zero-order valence-electron chi connectivity index (χ0n) is 11.0. The Morgan fingerprint density at radius 3 is 2.63 bits per heavy atom. The molecule has 0 bridgehead atoms. The van der Waals surface area contributed by atoms with Gasteiger partial charge in [0.15, 0.2) is 0 Å². The molecule has 0 fully saturated rings. The van der Waals surface area contributed by atoms with E-state index >= 15 is 0 Å². The standard InChI is InChI=1S/C15H18N2OS/c1-2-17(12-13-7-4-3-5-8-13)15(18)16-11-14-9-6-10-19-14/h3-10H,2,11-12H2,1H3,(H,16,18). The van der Waals surface area contributed by atoms with E-state index in [-0.39, 0.29) is 6.03 Å². The third-order valence-electron chi connectivity index (χ3n) is 2.88. The molecule has 1 heterocycles. The van der Waals surface area contributed by atoms with Gasteiger partial charge < -0.3 is 10.2 Å². The summed E-state index contributed by atoms with van der Waals surface area (Å²) in [6.45, 7) is 3.94. The molecule has 0 unspecified atom stereocenters. The summed E-state index contributed by atoms with van der Waals surface area (Å²) < 4.78 is 0. The highest BCUT2D eigenvalue weighted by Gasteiger charge is 2.11. The van der Waals surface area contributed by atoms with Gasteiger partial charge in [-0.15, -0.1) is 11.3 Å². The van der Waals surface area contributed by atoms with E-state index in [1.807, 2.05) is 59.7 Å². The van der Waals surface area contributed by atoms with Gasteiger partial charge in [-0.2, -0.15) is 0 Å². The van der Waals surface area contributed by atoms with Crippen molar-refractivity contribution in [3.05, 3.63) is 58.3 Å². The summed E-state index contributed by atoms with van der Waals surface area (Å²) in [4.78, 5) is 15.1. The molecule has 0 spiro atoms. The van der Waals surface area contributed by atoms with Gasteiger partial charge in [0.2, 0.25) is 0 Å². The number of hydrogen-bond acceptors (Lipinski definition) is 2. The predicted octanol–water partition coefficient (Wildman–Crippen LogP) is 3.48. The van der Waals surface area contributed by atoms with Crippen molar-refractivity contribution in [1.82, 2.24) is 10.2 Å². The van der Waals surface area contributed by atoms with Crippen LogP contribution in [0.3, 0.4) is 0 Å². The lowest BCUT2D eigenvalue weighted by atomic mass is 10.2. The average molecular weight is 274 g/mol. The number of urea groups is 1. The molecule has 100 valence electrons. The Hall–Kier alpha value is -1.81. The molecule has 2 aromatic rings. The Morgan fingerprint density at radius 1 is 1.21 bits per heavy atom. The number of nitrogens with one attached hydrogen (secondary N) is 1. The van der Waals surface area contributed by atoms with Crippen molar-refractivity contribution in [2.75, 3.05) is 6.54 Å². The van der Waals surface area contributed by atoms with Gasteiger partial charge in [0.1, 0.15) is 0 Å². The van der Waals surface area contributed by atoms with E-state index in [2.05, 4.69) is 5.32 Å². The predicted molar refractivity (Wildman–Crippen MR) is 79.1 cm³/mol. The normalized spacial score (nSPS) is 10.2. The maximum absolute atomic E-state index is 12.1. The smallest absolute Gasteiger partial charge is 0.317 e. The number of thiophene rings is 1. The van der Waals surface area contributed by atoms with Gasteiger partial charge in [-0.25, -0.2) is 4.79 Å². The monoisotopic (exact) mass is 274 g/mol. The number of amides is 2. The third-order valence-corrected chi connectivity index (χ3v) is 3.76. The number of rotatable bonds is 5. The minimum Gasteiger partial charge on any atom is -0.333 e. The van der Waals surface area contributed by atoms with Crippen LogP contribution < -0.4 is 5.32 Å². The summed E-state index contributed by atoms with van der Waals surface area (Å²) in [5.74, 6) is 0. The molecule has 2 amide bonds. The number of carbonyl (C=O) groups excluding carboxylic acids is 1. The molecule has 4 heteroatoms. The van der Waals surface area contributed by atoms with Gasteiger partial charge >= 0.3 is 6.03 Å². The van der Waals surface area contributed by atoms with Crippen LogP contribution in [0.5, 0.6) is 0 Å². The minimum atomic E-state index is -0.0141. The molecule has 2 rings (SSSR count). The van der Waals surface area contributed by atoms with Crippen molar-refractivity contribution in [3.8, 4) is 0 Å².